The lowest BCUT2D eigenvalue weighted by molar-refractivity contribution is 0.0826. The summed E-state index contributed by atoms with van der Waals surface area (Å²) in [4.78, 5) is 13.5. The molecule has 104 valence electrons. The van der Waals surface area contributed by atoms with Crippen molar-refractivity contribution in [2.24, 2.45) is 0 Å². The van der Waals surface area contributed by atoms with Gasteiger partial charge in [0.25, 0.3) is 5.91 Å². The maximum atomic E-state index is 11.9. The van der Waals surface area contributed by atoms with Crippen LogP contribution in [0.2, 0.25) is 0 Å². The van der Waals surface area contributed by atoms with Gasteiger partial charge in [0.05, 0.1) is 5.56 Å². The van der Waals surface area contributed by atoms with Crippen LogP contribution < -0.4 is 4.74 Å². The van der Waals surface area contributed by atoms with E-state index >= 15 is 0 Å². The Morgan fingerprint density at radius 2 is 1.85 bits per heavy atom. The predicted molar refractivity (Wildman–Crippen MR) is 82.9 cm³/mol. The average Bonchev–Trinajstić information content (AvgIpc) is 2.45. The Kier molecular flexibility index (Phi) is 4.79. The van der Waals surface area contributed by atoms with Gasteiger partial charge in [0.15, 0.2) is 0 Å². The molecule has 2 aromatic rings. The van der Waals surface area contributed by atoms with Gasteiger partial charge in [-0.05, 0) is 39.7 Å². The van der Waals surface area contributed by atoms with Crippen LogP contribution in [0.1, 0.15) is 15.9 Å². The van der Waals surface area contributed by atoms with Gasteiger partial charge in [0.2, 0.25) is 0 Å². The van der Waals surface area contributed by atoms with E-state index in [1.165, 1.54) is 0 Å². The summed E-state index contributed by atoms with van der Waals surface area (Å²) in [5, 5.41) is 0. The summed E-state index contributed by atoms with van der Waals surface area (Å²) >= 11 is 3.41. The Morgan fingerprint density at radius 1 is 1.15 bits per heavy atom. The van der Waals surface area contributed by atoms with E-state index in [4.69, 9.17) is 4.74 Å². The molecule has 2 aromatic carbocycles. The first-order valence-electron chi connectivity index (χ1n) is 6.26. The third-order valence-corrected chi connectivity index (χ3v) is 3.48. The van der Waals surface area contributed by atoms with Gasteiger partial charge in [-0.25, -0.2) is 0 Å². The van der Waals surface area contributed by atoms with E-state index in [9.17, 15) is 4.79 Å². The Hall–Kier alpha value is -1.81. The molecule has 2 rings (SSSR count). The zero-order valence-corrected chi connectivity index (χ0v) is 13.1. The summed E-state index contributed by atoms with van der Waals surface area (Å²) in [6.45, 7) is 0.508. The zero-order chi connectivity index (χ0) is 14.5. The molecule has 0 N–H and O–H groups in total. The van der Waals surface area contributed by atoms with E-state index in [-0.39, 0.29) is 5.91 Å². The maximum Gasteiger partial charge on any atom is 0.254 e. The molecule has 0 radical (unpaired) electrons. The minimum absolute atomic E-state index is 0.0357. The van der Waals surface area contributed by atoms with Crippen molar-refractivity contribution in [3.63, 3.8) is 0 Å². The van der Waals surface area contributed by atoms with Crippen LogP contribution in [0.25, 0.3) is 0 Å². The molecule has 0 atom stereocenters. The van der Waals surface area contributed by atoms with Gasteiger partial charge in [-0.15, -0.1) is 0 Å². The van der Waals surface area contributed by atoms with Crippen LogP contribution in [-0.2, 0) is 6.61 Å². The third kappa shape index (κ3) is 3.61. The fourth-order valence-electron chi connectivity index (χ4n) is 1.74. The molecule has 3 nitrogen and oxygen atoms in total. The molecule has 0 saturated heterocycles. The van der Waals surface area contributed by atoms with Crippen molar-refractivity contribution in [1.82, 2.24) is 4.90 Å². The lowest BCUT2D eigenvalue weighted by Gasteiger charge is -2.13. The van der Waals surface area contributed by atoms with Crippen molar-refractivity contribution in [1.29, 1.82) is 0 Å². The summed E-state index contributed by atoms with van der Waals surface area (Å²) in [6, 6.07) is 15.4. The molecule has 0 bridgehead atoms. The number of hydrogen-bond donors (Lipinski definition) is 0. The molecule has 20 heavy (non-hydrogen) atoms. The smallest absolute Gasteiger partial charge is 0.254 e. The molecular weight excluding hydrogens is 318 g/mol. The van der Waals surface area contributed by atoms with Gasteiger partial charge in [0, 0.05) is 18.6 Å². The van der Waals surface area contributed by atoms with Crippen LogP contribution >= 0.6 is 15.9 Å². The molecule has 0 saturated carbocycles. The highest BCUT2D eigenvalue weighted by Crippen LogP contribution is 2.24. The number of halogens is 1. The Morgan fingerprint density at radius 3 is 2.45 bits per heavy atom. The van der Waals surface area contributed by atoms with E-state index in [1.54, 1.807) is 25.1 Å². The second-order valence-electron chi connectivity index (χ2n) is 4.62. The normalized spacial score (nSPS) is 10.2. The Bertz CT molecular complexity index is 597. The summed E-state index contributed by atoms with van der Waals surface area (Å²) in [5.74, 6) is 0.697. The molecular formula is C16H16BrNO2. The van der Waals surface area contributed by atoms with Gasteiger partial charge >= 0.3 is 0 Å². The predicted octanol–water partition coefficient (Wildman–Crippen LogP) is 3.73. The van der Waals surface area contributed by atoms with Crippen molar-refractivity contribution in [2.45, 2.75) is 6.61 Å². The summed E-state index contributed by atoms with van der Waals surface area (Å²) in [5.41, 5.74) is 1.74. The molecule has 0 aliphatic carbocycles. The zero-order valence-electron chi connectivity index (χ0n) is 11.5. The summed E-state index contributed by atoms with van der Waals surface area (Å²) in [7, 11) is 3.46. The molecule has 0 fully saturated rings. The lowest BCUT2D eigenvalue weighted by Crippen LogP contribution is -2.22. The summed E-state index contributed by atoms with van der Waals surface area (Å²) < 4.78 is 6.45. The highest BCUT2D eigenvalue weighted by Gasteiger charge is 2.12. The number of rotatable bonds is 4. The second-order valence-corrected chi connectivity index (χ2v) is 5.47. The topological polar surface area (TPSA) is 29.5 Å². The van der Waals surface area contributed by atoms with Gasteiger partial charge in [-0.2, -0.15) is 0 Å². The van der Waals surface area contributed by atoms with E-state index < -0.39 is 0 Å². The van der Waals surface area contributed by atoms with Crippen LogP contribution in [0.15, 0.2) is 53.0 Å². The van der Waals surface area contributed by atoms with E-state index in [2.05, 4.69) is 15.9 Å². The van der Waals surface area contributed by atoms with Crippen molar-refractivity contribution < 1.29 is 9.53 Å². The van der Waals surface area contributed by atoms with Crippen molar-refractivity contribution in [3.05, 3.63) is 64.1 Å². The van der Waals surface area contributed by atoms with E-state index in [0.29, 0.717) is 12.2 Å². The molecule has 0 aromatic heterocycles. The first-order valence-corrected chi connectivity index (χ1v) is 7.05. The fourth-order valence-corrected chi connectivity index (χ4v) is 2.27. The number of nitrogens with zero attached hydrogens (tertiary/aromatic N) is 1. The quantitative estimate of drug-likeness (QED) is 0.853. The Labute approximate surface area is 127 Å². The standard InChI is InChI=1S/C16H16BrNO2/c1-18(2)16(19)14-9-8-13(10-15(14)17)20-11-12-6-4-3-5-7-12/h3-10H,11H2,1-2H3. The molecule has 4 heteroatoms. The van der Waals surface area contributed by atoms with Crippen LogP contribution in [0.5, 0.6) is 5.75 Å². The SMILES string of the molecule is CN(C)C(=O)c1ccc(OCc2ccccc2)cc1Br. The maximum absolute atomic E-state index is 11.9. The molecule has 0 spiro atoms. The number of amides is 1. The Balaban J connectivity index is 2.08. The van der Waals surface area contributed by atoms with Gasteiger partial charge in [-0.1, -0.05) is 30.3 Å². The molecule has 0 unspecified atom stereocenters. The lowest BCUT2D eigenvalue weighted by atomic mass is 10.2. The number of ether oxygens (including phenoxy) is 1. The third-order valence-electron chi connectivity index (χ3n) is 2.83. The average molecular weight is 334 g/mol. The first-order chi connectivity index (χ1) is 9.58. The number of hydrogen-bond acceptors (Lipinski definition) is 2. The number of carbonyl (C=O) groups is 1. The largest absolute Gasteiger partial charge is 0.489 e. The molecule has 0 heterocycles. The minimum atomic E-state index is -0.0357. The van der Waals surface area contributed by atoms with Crippen LogP contribution in [0.3, 0.4) is 0 Å². The van der Waals surface area contributed by atoms with Crippen LogP contribution in [0, 0.1) is 0 Å². The van der Waals surface area contributed by atoms with Crippen LogP contribution in [0.4, 0.5) is 0 Å². The number of carbonyl (C=O) groups excluding carboxylic acids is 1. The molecule has 0 aliphatic rings. The summed E-state index contributed by atoms with van der Waals surface area (Å²) in [6.07, 6.45) is 0. The highest BCUT2D eigenvalue weighted by atomic mass is 79.9. The van der Waals surface area contributed by atoms with Crippen molar-refractivity contribution >= 4 is 21.8 Å². The van der Waals surface area contributed by atoms with E-state index in [0.717, 1.165) is 15.8 Å². The fraction of sp³-hybridized carbons (Fsp3) is 0.188. The van der Waals surface area contributed by atoms with Gasteiger partial charge < -0.3 is 9.64 Å². The van der Waals surface area contributed by atoms with E-state index in [1.807, 2.05) is 42.5 Å². The van der Waals surface area contributed by atoms with Crippen molar-refractivity contribution in [3.8, 4) is 5.75 Å². The van der Waals surface area contributed by atoms with Crippen LogP contribution in [-0.4, -0.2) is 24.9 Å². The van der Waals surface area contributed by atoms with Gasteiger partial charge in [-0.3, -0.25) is 4.79 Å². The minimum Gasteiger partial charge on any atom is -0.489 e. The molecule has 0 aliphatic heterocycles. The molecule has 1 amide bonds. The first kappa shape index (κ1) is 14.6. The second kappa shape index (κ2) is 6.57. The monoisotopic (exact) mass is 333 g/mol. The highest BCUT2D eigenvalue weighted by molar-refractivity contribution is 9.10. The number of benzene rings is 2. The van der Waals surface area contributed by atoms with Crippen molar-refractivity contribution in [2.75, 3.05) is 14.1 Å². The van der Waals surface area contributed by atoms with Gasteiger partial charge in [0.1, 0.15) is 12.4 Å².